The van der Waals surface area contributed by atoms with Crippen LogP contribution in [0.3, 0.4) is 0 Å². The van der Waals surface area contributed by atoms with E-state index in [1.807, 2.05) is 6.92 Å². The maximum Gasteiger partial charge on any atom is 0.191 e. The summed E-state index contributed by atoms with van der Waals surface area (Å²) in [5.74, 6) is 0.711. The van der Waals surface area contributed by atoms with E-state index >= 15 is 0 Å². The molecule has 0 bridgehead atoms. The van der Waals surface area contributed by atoms with Crippen molar-refractivity contribution in [3.05, 3.63) is 33.8 Å². The summed E-state index contributed by atoms with van der Waals surface area (Å²) in [6.45, 7) is 11.6. The van der Waals surface area contributed by atoms with E-state index in [9.17, 15) is 5.11 Å². The maximum absolute atomic E-state index is 10.3. The lowest BCUT2D eigenvalue weighted by molar-refractivity contribution is 0.187. The topological polar surface area (TPSA) is 59.9 Å². The number of halogens is 2. The van der Waals surface area contributed by atoms with Crippen LogP contribution in [0.15, 0.2) is 23.2 Å². The first kappa shape index (κ1) is 23.0. The second kappa shape index (κ2) is 13.2. The van der Waals surface area contributed by atoms with Crippen molar-refractivity contribution in [2.75, 3.05) is 39.3 Å². The summed E-state index contributed by atoms with van der Waals surface area (Å²) in [7, 11) is 0. The Kier molecular flexibility index (Phi) is 11.7. The van der Waals surface area contributed by atoms with Crippen LogP contribution in [0.4, 0.5) is 0 Å². The molecule has 0 radical (unpaired) electrons. The number of hydrogen-bond acceptors (Lipinski definition) is 3. The van der Waals surface area contributed by atoms with Gasteiger partial charge in [0, 0.05) is 23.1 Å². The molecule has 1 aromatic carbocycles. The highest BCUT2D eigenvalue weighted by Gasteiger charge is 2.09. The number of hydrogen-bond donors (Lipinski definition) is 3. The van der Waals surface area contributed by atoms with Gasteiger partial charge in [-0.2, -0.15) is 0 Å². The molecular weight excluding hydrogens is 371 g/mol. The molecule has 0 aliphatic heterocycles. The van der Waals surface area contributed by atoms with Gasteiger partial charge in [-0.3, -0.25) is 4.99 Å². The first-order valence-electron chi connectivity index (χ1n) is 9.38. The minimum atomic E-state index is -0.746. The Morgan fingerprint density at radius 1 is 1.08 bits per heavy atom. The van der Waals surface area contributed by atoms with Crippen molar-refractivity contribution in [1.82, 2.24) is 15.5 Å². The summed E-state index contributed by atoms with van der Waals surface area (Å²) in [6.07, 6.45) is 1.48. The zero-order valence-corrected chi connectivity index (χ0v) is 17.6. The minimum absolute atomic E-state index is 0.242. The van der Waals surface area contributed by atoms with Crippen LogP contribution in [0.2, 0.25) is 10.0 Å². The number of nitrogens with one attached hydrogen (secondary N) is 2. The molecule has 5 nitrogen and oxygen atoms in total. The lowest BCUT2D eigenvalue weighted by Crippen LogP contribution is -2.38. The van der Waals surface area contributed by atoms with Crippen molar-refractivity contribution >= 4 is 29.2 Å². The molecule has 3 N–H and O–H groups in total. The van der Waals surface area contributed by atoms with Crippen LogP contribution < -0.4 is 10.6 Å². The third-order valence-electron chi connectivity index (χ3n) is 4.12. The quantitative estimate of drug-likeness (QED) is 0.300. The number of aliphatic hydroxyl groups is 1. The van der Waals surface area contributed by atoms with Gasteiger partial charge in [-0.05, 0) is 63.2 Å². The number of rotatable bonds is 11. The molecule has 26 heavy (non-hydrogen) atoms. The van der Waals surface area contributed by atoms with Gasteiger partial charge in [0.2, 0.25) is 0 Å². The fourth-order valence-electron chi connectivity index (χ4n) is 2.60. The number of benzene rings is 1. The van der Waals surface area contributed by atoms with Crippen molar-refractivity contribution in [2.45, 2.75) is 39.7 Å². The summed E-state index contributed by atoms with van der Waals surface area (Å²) in [6, 6.07) is 5.06. The number of aliphatic hydroxyl groups excluding tert-OH is 1. The van der Waals surface area contributed by atoms with Gasteiger partial charge in [-0.1, -0.05) is 37.0 Å². The first-order valence-corrected chi connectivity index (χ1v) is 10.1. The highest BCUT2D eigenvalue weighted by molar-refractivity contribution is 6.34. The Balaban J connectivity index is 2.47. The van der Waals surface area contributed by atoms with Crippen LogP contribution in [-0.2, 0) is 0 Å². The van der Waals surface area contributed by atoms with Gasteiger partial charge in [0.05, 0.1) is 12.6 Å². The predicted octanol–water partition coefficient (Wildman–Crippen LogP) is 3.70. The Morgan fingerprint density at radius 3 is 2.31 bits per heavy atom. The average molecular weight is 403 g/mol. The van der Waals surface area contributed by atoms with Gasteiger partial charge < -0.3 is 20.6 Å². The Hall–Kier alpha value is -1.01. The normalized spacial score (nSPS) is 13.1. The van der Waals surface area contributed by atoms with Crippen LogP contribution in [-0.4, -0.2) is 55.2 Å². The summed E-state index contributed by atoms with van der Waals surface area (Å²) < 4.78 is 0. The fourth-order valence-corrected chi connectivity index (χ4v) is 3.14. The molecule has 1 unspecified atom stereocenters. The molecule has 0 saturated heterocycles. The molecule has 1 aromatic rings. The van der Waals surface area contributed by atoms with Crippen LogP contribution >= 0.6 is 23.2 Å². The predicted molar refractivity (Wildman–Crippen MR) is 112 cm³/mol. The highest BCUT2D eigenvalue weighted by Crippen LogP contribution is 2.23. The van der Waals surface area contributed by atoms with Crippen molar-refractivity contribution in [3.63, 3.8) is 0 Å². The highest BCUT2D eigenvalue weighted by atomic mass is 35.5. The van der Waals surface area contributed by atoms with Gasteiger partial charge in [0.1, 0.15) is 0 Å². The molecule has 0 amide bonds. The van der Waals surface area contributed by atoms with Crippen LogP contribution in [0.5, 0.6) is 0 Å². The molecular formula is C19H32Cl2N4O. The largest absolute Gasteiger partial charge is 0.386 e. The SMILES string of the molecule is CCNC(=NCC(O)c1cc(Cl)cc(Cl)c1)NCCCCN(CC)CC. The summed E-state index contributed by atoms with van der Waals surface area (Å²) in [4.78, 5) is 6.88. The summed E-state index contributed by atoms with van der Waals surface area (Å²) in [5, 5.41) is 17.9. The van der Waals surface area contributed by atoms with E-state index < -0.39 is 6.10 Å². The van der Waals surface area contributed by atoms with Crippen molar-refractivity contribution in [3.8, 4) is 0 Å². The molecule has 0 aromatic heterocycles. The van der Waals surface area contributed by atoms with E-state index in [0.717, 1.165) is 45.6 Å². The Bertz CT molecular complexity index is 530. The van der Waals surface area contributed by atoms with E-state index in [1.165, 1.54) is 0 Å². The molecule has 0 spiro atoms. The average Bonchev–Trinajstić information content (AvgIpc) is 2.61. The zero-order valence-electron chi connectivity index (χ0n) is 16.1. The lowest BCUT2D eigenvalue weighted by atomic mass is 10.1. The van der Waals surface area contributed by atoms with Gasteiger partial charge >= 0.3 is 0 Å². The van der Waals surface area contributed by atoms with Crippen LogP contribution in [0.1, 0.15) is 45.3 Å². The van der Waals surface area contributed by atoms with Crippen molar-refractivity contribution < 1.29 is 5.11 Å². The van der Waals surface area contributed by atoms with Gasteiger partial charge in [0.25, 0.3) is 0 Å². The molecule has 0 aliphatic carbocycles. The Morgan fingerprint density at radius 2 is 1.73 bits per heavy atom. The molecule has 7 heteroatoms. The fraction of sp³-hybridized carbons (Fsp3) is 0.632. The monoisotopic (exact) mass is 402 g/mol. The van der Waals surface area contributed by atoms with Crippen LogP contribution in [0.25, 0.3) is 0 Å². The second-order valence-electron chi connectivity index (χ2n) is 6.10. The van der Waals surface area contributed by atoms with E-state index in [2.05, 4.69) is 34.4 Å². The van der Waals surface area contributed by atoms with E-state index in [4.69, 9.17) is 23.2 Å². The minimum Gasteiger partial charge on any atom is -0.386 e. The van der Waals surface area contributed by atoms with E-state index in [-0.39, 0.29) is 6.54 Å². The lowest BCUT2D eigenvalue weighted by Gasteiger charge is -2.18. The van der Waals surface area contributed by atoms with Crippen molar-refractivity contribution in [2.24, 2.45) is 4.99 Å². The molecule has 0 saturated carbocycles. The number of guanidine groups is 1. The third kappa shape index (κ3) is 9.08. The summed E-state index contributed by atoms with van der Waals surface area (Å²) in [5.41, 5.74) is 0.668. The zero-order chi connectivity index (χ0) is 19.4. The van der Waals surface area contributed by atoms with Gasteiger partial charge in [0.15, 0.2) is 5.96 Å². The van der Waals surface area contributed by atoms with E-state index in [0.29, 0.717) is 21.6 Å². The number of aliphatic imine (C=N–C) groups is 1. The number of unbranched alkanes of at least 4 members (excludes halogenated alkanes) is 1. The molecule has 148 valence electrons. The smallest absolute Gasteiger partial charge is 0.191 e. The third-order valence-corrected chi connectivity index (χ3v) is 4.56. The van der Waals surface area contributed by atoms with Crippen LogP contribution in [0, 0.1) is 0 Å². The summed E-state index contributed by atoms with van der Waals surface area (Å²) >= 11 is 12.0. The number of nitrogens with zero attached hydrogens (tertiary/aromatic N) is 2. The molecule has 1 atom stereocenters. The molecule has 1 rings (SSSR count). The first-order chi connectivity index (χ1) is 12.5. The maximum atomic E-state index is 10.3. The second-order valence-corrected chi connectivity index (χ2v) is 6.97. The van der Waals surface area contributed by atoms with Gasteiger partial charge in [-0.25, -0.2) is 0 Å². The van der Waals surface area contributed by atoms with E-state index in [1.54, 1.807) is 18.2 Å². The van der Waals surface area contributed by atoms with Crippen molar-refractivity contribution in [1.29, 1.82) is 0 Å². The molecule has 0 fully saturated rings. The standard InChI is InChI=1S/C19H32Cl2N4O/c1-4-22-19(23-9-7-8-10-25(5-2)6-3)24-14-18(26)15-11-16(20)13-17(21)12-15/h11-13,18,26H,4-10,14H2,1-3H3,(H2,22,23,24). The Labute approximate surface area is 167 Å². The molecule has 0 aliphatic rings. The molecule has 0 heterocycles. The van der Waals surface area contributed by atoms with Gasteiger partial charge in [-0.15, -0.1) is 0 Å².